The lowest BCUT2D eigenvalue weighted by molar-refractivity contribution is -0.384. The Bertz CT molecular complexity index is 500. The molecule has 1 aromatic carbocycles. The number of rotatable bonds is 2. The van der Waals surface area contributed by atoms with Crippen LogP contribution < -0.4 is 4.90 Å². The van der Waals surface area contributed by atoms with Gasteiger partial charge in [0, 0.05) is 25.2 Å². The molecule has 0 saturated carbocycles. The molecule has 1 aliphatic rings. The maximum absolute atomic E-state index is 10.7. The first kappa shape index (κ1) is 13.3. The highest BCUT2D eigenvalue weighted by molar-refractivity contribution is 5.63. The standard InChI is InChI=1S/C14H17N3O2/c15-11-12-10-13(17(18)19)6-7-14(12)16-8-4-2-1-3-5-9-16/h6-7,10H,1-5,8-9H2. The zero-order valence-electron chi connectivity index (χ0n) is 10.8. The van der Waals surface area contributed by atoms with Crippen LogP contribution in [0.25, 0.3) is 0 Å². The summed E-state index contributed by atoms with van der Waals surface area (Å²) in [6, 6.07) is 6.63. The van der Waals surface area contributed by atoms with Crippen molar-refractivity contribution in [1.82, 2.24) is 0 Å². The van der Waals surface area contributed by atoms with Crippen molar-refractivity contribution in [2.45, 2.75) is 32.1 Å². The Morgan fingerprint density at radius 1 is 1.16 bits per heavy atom. The fourth-order valence-corrected chi connectivity index (χ4v) is 2.49. The Kier molecular flexibility index (Phi) is 4.35. The molecular formula is C14H17N3O2. The van der Waals surface area contributed by atoms with Crippen LogP contribution in [-0.2, 0) is 0 Å². The molecule has 2 rings (SSSR count). The van der Waals surface area contributed by atoms with Gasteiger partial charge in [-0.2, -0.15) is 5.26 Å². The van der Waals surface area contributed by atoms with Crippen molar-refractivity contribution in [3.8, 4) is 6.07 Å². The predicted octanol–water partition coefficient (Wildman–Crippen LogP) is 3.24. The molecule has 100 valence electrons. The molecule has 0 spiro atoms. The number of nitro benzene ring substituents is 1. The molecule has 0 N–H and O–H groups in total. The number of non-ortho nitro benzene ring substituents is 1. The zero-order valence-corrected chi connectivity index (χ0v) is 10.8. The van der Waals surface area contributed by atoms with E-state index >= 15 is 0 Å². The average Bonchev–Trinajstić information content (AvgIpc) is 2.38. The first-order chi connectivity index (χ1) is 9.22. The summed E-state index contributed by atoms with van der Waals surface area (Å²) in [6.45, 7) is 1.85. The van der Waals surface area contributed by atoms with E-state index in [0.29, 0.717) is 5.56 Å². The molecule has 0 bridgehead atoms. The fraction of sp³-hybridized carbons (Fsp3) is 0.500. The molecule has 0 amide bonds. The van der Waals surface area contributed by atoms with E-state index in [1.807, 2.05) is 0 Å². The molecule has 0 aromatic heterocycles. The normalized spacial score (nSPS) is 16.3. The minimum Gasteiger partial charge on any atom is -0.370 e. The van der Waals surface area contributed by atoms with Crippen LogP contribution in [0, 0.1) is 21.4 Å². The maximum Gasteiger partial charge on any atom is 0.270 e. The second kappa shape index (κ2) is 6.19. The molecule has 1 aromatic rings. The van der Waals surface area contributed by atoms with Gasteiger partial charge in [0.15, 0.2) is 0 Å². The lowest BCUT2D eigenvalue weighted by Gasteiger charge is -2.27. The molecule has 0 radical (unpaired) electrons. The van der Waals surface area contributed by atoms with E-state index in [9.17, 15) is 15.4 Å². The van der Waals surface area contributed by atoms with Crippen LogP contribution in [0.2, 0.25) is 0 Å². The SMILES string of the molecule is N#Cc1cc([N+](=O)[O-])ccc1N1CCCCCCC1. The Hall–Kier alpha value is -2.09. The second-order valence-electron chi connectivity index (χ2n) is 4.83. The lowest BCUT2D eigenvalue weighted by Crippen LogP contribution is -2.27. The van der Waals surface area contributed by atoms with Crippen LogP contribution >= 0.6 is 0 Å². The molecule has 1 heterocycles. The summed E-state index contributed by atoms with van der Waals surface area (Å²) >= 11 is 0. The Morgan fingerprint density at radius 2 is 1.79 bits per heavy atom. The number of hydrogen-bond acceptors (Lipinski definition) is 4. The average molecular weight is 259 g/mol. The molecule has 5 heteroatoms. The summed E-state index contributed by atoms with van der Waals surface area (Å²) in [5, 5.41) is 19.9. The van der Waals surface area contributed by atoms with Gasteiger partial charge in [-0.1, -0.05) is 19.3 Å². The third-order valence-electron chi connectivity index (χ3n) is 3.51. The fourth-order valence-electron chi connectivity index (χ4n) is 2.49. The number of anilines is 1. The van der Waals surface area contributed by atoms with Gasteiger partial charge in [-0.05, 0) is 18.9 Å². The van der Waals surface area contributed by atoms with Crippen LogP contribution in [0.3, 0.4) is 0 Å². The minimum absolute atomic E-state index is 0.0210. The highest BCUT2D eigenvalue weighted by atomic mass is 16.6. The van der Waals surface area contributed by atoms with E-state index in [0.717, 1.165) is 31.6 Å². The van der Waals surface area contributed by atoms with Gasteiger partial charge < -0.3 is 4.90 Å². The van der Waals surface area contributed by atoms with Crippen molar-refractivity contribution in [2.75, 3.05) is 18.0 Å². The van der Waals surface area contributed by atoms with E-state index in [1.54, 1.807) is 6.07 Å². The molecule has 1 fully saturated rings. The van der Waals surface area contributed by atoms with Gasteiger partial charge in [0.1, 0.15) is 6.07 Å². The number of nitriles is 1. The third kappa shape index (κ3) is 3.22. The molecular weight excluding hydrogens is 242 g/mol. The number of hydrogen-bond donors (Lipinski definition) is 0. The molecule has 5 nitrogen and oxygen atoms in total. The number of nitro groups is 1. The van der Waals surface area contributed by atoms with Crippen molar-refractivity contribution >= 4 is 11.4 Å². The van der Waals surface area contributed by atoms with E-state index in [-0.39, 0.29) is 5.69 Å². The molecule has 1 aliphatic heterocycles. The summed E-state index contributed by atoms with van der Waals surface area (Å²) in [6.07, 6.45) is 5.93. The van der Waals surface area contributed by atoms with E-state index in [2.05, 4.69) is 11.0 Å². The van der Waals surface area contributed by atoms with Crippen LogP contribution in [-0.4, -0.2) is 18.0 Å². The summed E-state index contributed by atoms with van der Waals surface area (Å²) in [7, 11) is 0. The van der Waals surface area contributed by atoms with Crippen molar-refractivity contribution in [1.29, 1.82) is 5.26 Å². The predicted molar refractivity (Wildman–Crippen MR) is 73.1 cm³/mol. The van der Waals surface area contributed by atoms with Crippen molar-refractivity contribution < 1.29 is 4.92 Å². The summed E-state index contributed by atoms with van der Waals surface area (Å²) in [5.41, 5.74) is 1.21. The van der Waals surface area contributed by atoms with Crippen molar-refractivity contribution in [3.05, 3.63) is 33.9 Å². The van der Waals surface area contributed by atoms with Crippen molar-refractivity contribution in [2.24, 2.45) is 0 Å². The van der Waals surface area contributed by atoms with E-state index < -0.39 is 4.92 Å². The van der Waals surface area contributed by atoms with Crippen LogP contribution in [0.5, 0.6) is 0 Å². The highest BCUT2D eigenvalue weighted by Crippen LogP contribution is 2.26. The lowest BCUT2D eigenvalue weighted by atomic mass is 10.1. The van der Waals surface area contributed by atoms with E-state index in [1.165, 1.54) is 31.4 Å². The van der Waals surface area contributed by atoms with Crippen LogP contribution in [0.1, 0.15) is 37.7 Å². The van der Waals surface area contributed by atoms with Crippen LogP contribution in [0.15, 0.2) is 18.2 Å². The Balaban J connectivity index is 2.27. The number of nitrogens with zero attached hydrogens (tertiary/aromatic N) is 3. The molecule has 0 aliphatic carbocycles. The third-order valence-corrected chi connectivity index (χ3v) is 3.51. The quantitative estimate of drug-likeness (QED) is 0.604. The number of benzene rings is 1. The summed E-state index contributed by atoms with van der Waals surface area (Å²) < 4.78 is 0. The zero-order chi connectivity index (χ0) is 13.7. The molecule has 19 heavy (non-hydrogen) atoms. The monoisotopic (exact) mass is 259 g/mol. The summed E-state index contributed by atoms with van der Waals surface area (Å²) in [5.74, 6) is 0. The van der Waals surface area contributed by atoms with Gasteiger partial charge in [0.2, 0.25) is 0 Å². The van der Waals surface area contributed by atoms with Gasteiger partial charge >= 0.3 is 0 Å². The molecule has 1 saturated heterocycles. The van der Waals surface area contributed by atoms with Gasteiger partial charge in [0.25, 0.3) is 5.69 Å². The first-order valence-corrected chi connectivity index (χ1v) is 6.66. The van der Waals surface area contributed by atoms with Gasteiger partial charge in [-0.25, -0.2) is 0 Å². The largest absolute Gasteiger partial charge is 0.370 e. The maximum atomic E-state index is 10.7. The van der Waals surface area contributed by atoms with Crippen LogP contribution in [0.4, 0.5) is 11.4 Å². The van der Waals surface area contributed by atoms with Gasteiger partial charge in [-0.3, -0.25) is 10.1 Å². The van der Waals surface area contributed by atoms with Gasteiger partial charge in [-0.15, -0.1) is 0 Å². The minimum atomic E-state index is -0.460. The smallest absolute Gasteiger partial charge is 0.270 e. The molecule has 0 atom stereocenters. The van der Waals surface area contributed by atoms with Crippen molar-refractivity contribution in [3.63, 3.8) is 0 Å². The highest BCUT2D eigenvalue weighted by Gasteiger charge is 2.16. The Labute approximate surface area is 112 Å². The van der Waals surface area contributed by atoms with Gasteiger partial charge in [0.05, 0.1) is 16.2 Å². The summed E-state index contributed by atoms with van der Waals surface area (Å²) in [4.78, 5) is 12.5. The topological polar surface area (TPSA) is 70.2 Å². The molecule has 0 unspecified atom stereocenters. The first-order valence-electron chi connectivity index (χ1n) is 6.66. The van der Waals surface area contributed by atoms with E-state index in [4.69, 9.17) is 0 Å². The second-order valence-corrected chi connectivity index (χ2v) is 4.83. The Morgan fingerprint density at radius 3 is 2.37 bits per heavy atom.